The molecular weight excluding hydrogens is 988 g/mol. The Labute approximate surface area is 396 Å². The number of hydrogen-bond donors (Lipinski definition) is 1. The van der Waals surface area contributed by atoms with E-state index in [-0.39, 0.29) is 26.8 Å². The van der Waals surface area contributed by atoms with Gasteiger partial charge in [0, 0.05) is 49.7 Å². The second-order valence-electron chi connectivity index (χ2n) is 16.2. The van der Waals surface area contributed by atoms with Crippen LogP contribution in [0.2, 0.25) is 0 Å². The number of phenolic OH excluding ortho intramolecular Hbond substituents is 1. The molecule has 0 aliphatic heterocycles. The second-order valence-corrected chi connectivity index (χ2v) is 16.2. The van der Waals surface area contributed by atoms with Crippen molar-refractivity contribution in [2.45, 2.75) is 0 Å². The predicted molar refractivity (Wildman–Crippen MR) is 266 cm³/mol. The number of nitrogens with zero attached hydrogens (tertiary/aromatic N) is 4. The molecule has 0 saturated carbocycles. The second kappa shape index (κ2) is 17.1. The summed E-state index contributed by atoms with van der Waals surface area (Å²) in [6.45, 7) is 0. The molecule has 6 heteroatoms. The van der Waals surface area contributed by atoms with Gasteiger partial charge in [-0.2, -0.15) is 0 Å². The third-order valence-corrected chi connectivity index (χ3v) is 12.4. The van der Waals surface area contributed by atoms with Crippen LogP contribution in [-0.4, -0.2) is 24.2 Å². The number of pyridine rings is 1. The van der Waals surface area contributed by atoms with Gasteiger partial charge in [-0.15, -0.1) is 11.6 Å². The number of para-hydroxylation sites is 5. The summed E-state index contributed by atoms with van der Waals surface area (Å²) in [6.07, 6.45) is 1.89. The van der Waals surface area contributed by atoms with Gasteiger partial charge in [0.1, 0.15) is 11.6 Å². The zero-order chi connectivity index (χ0) is 43.3. The fraction of sp³-hybridized carbons (Fsp3) is 0. The molecule has 0 saturated heterocycles. The first-order valence-corrected chi connectivity index (χ1v) is 21.8. The fourth-order valence-electron chi connectivity index (χ4n) is 9.39. The van der Waals surface area contributed by atoms with Gasteiger partial charge in [-0.05, 0) is 87.3 Å². The molecule has 0 aliphatic carbocycles. The number of benzene rings is 9. The molecule has 12 aromatic rings. The summed E-state index contributed by atoms with van der Waals surface area (Å²) < 4.78 is 4.54. The SMILES string of the molecule is Oc1ccccc1-c1nc2c(-c3[c-]c(-c4cc(-c5ccc(-c6ccccc6)cc5)ccn4)cc4c3c3ccccc3n4-c3ccccc3)cccc2n1-c1ccccc1-c1ccccc1.[Pt]. The largest absolute Gasteiger partial charge is 0.507 e. The molecule has 0 aliphatic rings. The van der Waals surface area contributed by atoms with Gasteiger partial charge in [0.2, 0.25) is 0 Å². The number of aromatic nitrogens is 4. The molecule has 0 unspecified atom stereocenters. The van der Waals surface area contributed by atoms with Crippen LogP contribution in [0.1, 0.15) is 0 Å². The molecule has 0 atom stereocenters. The van der Waals surface area contributed by atoms with Gasteiger partial charge in [0.05, 0.1) is 22.3 Å². The number of fused-ring (bicyclic) bond motifs is 4. The van der Waals surface area contributed by atoms with Gasteiger partial charge in [0.25, 0.3) is 0 Å². The van der Waals surface area contributed by atoms with E-state index in [1.54, 1.807) is 6.07 Å². The minimum atomic E-state index is 0. The molecule has 9 aromatic carbocycles. The number of hydrogen-bond acceptors (Lipinski definition) is 3. The third-order valence-electron chi connectivity index (χ3n) is 12.4. The van der Waals surface area contributed by atoms with Crippen molar-refractivity contribution in [2.24, 2.45) is 0 Å². The van der Waals surface area contributed by atoms with Gasteiger partial charge >= 0.3 is 0 Å². The van der Waals surface area contributed by atoms with E-state index in [9.17, 15) is 5.11 Å². The van der Waals surface area contributed by atoms with Crippen LogP contribution in [0, 0.1) is 6.07 Å². The summed E-state index contributed by atoms with van der Waals surface area (Å²) in [6, 6.07) is 81.4. The van der Waals surface area contributed by atoms with Gasteiger partial charge in [-0.1, -0.05) is 192 Å². The Morgan fingerprint density at radius 1 is 0.439 bits per heavy atom. The van der Waals surface area contributed by atoms with Crippen molar-refractivity contribution in [1.29, 1.82) is 0 Å². The minimum Gasteiger partial charge on any atom is -0.507 e. The third kappa shape index (κ3) is 7.02. The Balaban J connectivity index is 0.00000481. The molecule has 0 radical (unpaired) electrons. The van der Waals surface area contributed by atoms with Crippen LogP contribution in [0.3, 0.4) is 0 Å². The number of imidazole rings is 1. The van der Waals surface area contributed by atoms with Crippen LogP contribution in [0.25, 0.3) is 111 Å². The first-order valence-electron chi connectivity index (χ1n) is 21.8. The normalized spacial score (nSPS) is 11.3. The maximum absolute atomic E-state index is 11.5. The Hall–Kier alpha value is -8.11. The summed E-state index contributed by atoms with van der Waals surface area (Å²) in [5.41, 5.74) is 16.7. The van der Waals surface area contributed by atoms with Gasteiger partial charge in [0.15, 0.2) is 0 Å². The average molecular weight is 1030 g/mol. The zero-order valence-electron chi connectivity index (χ0n) is 35.5. The molecule has 3 aromatic heterocycles. The average Bonchev–Trinajstić information content (AvgIpc) is 3.93. The zero-order valence-corrected chi connectivity index (χ0v) is 37.8. The molecule has 3 heterocycles. The van der Waals surface area contributed by atoms with Crippen molar-refractivity contribution in [1.82, 2.24) is 19.1 Å². The Bertz CT molecular complexity index is 3710. The molecule has 12 rings (SSSR count). The van der Waals surface area contributed by atoms with Crippen LogP contribution < -0.4 is 0 Å². The topological polar surface area (TPSA) is 55.9 Å². The monoisotopic (exact) mass is 1030 g/mol. The van der Waals surface area contributed by atoms with E-state index in [2.05, 4.69) is 203 Å². The van der Waals surface area contributed by atoms with Crippen molar-refractivity contribution >= 4 is 32.8 Å². The van der Waals surface area contributed by atoms with E-state index < -0.39 is 0 Å². The van der Waals surface area contributed by atoms with E-state index >= 15 is 0 Å². The van der Waals surface area contributed by atoms with Gasteiger partial charge in [-0.3, -0.25) is 9.55 Å². The van der Waals surface area contributed by atoms with E-state index in [4.69, 9.17) is 9.97 Å². The van der Waals surface area contributed by atoms with Crippen molar-refractivity contribution in [2.75, 3.05) is 0 Å². The molecule has 0 bridgehead atoms. The van der Waals surface area contributed by atoms with Crippen molar-refractivity contribution in [3.8, 4) is 84.3 Å². The van der Waals surface area contributed by atoms with E-state index in [0.717, 1.165) is 88.9 Å². The molecule has 316 valence electrons. The van der Waals surface area contributed by atoms with Crippen LogP contribution in [0.4, 0.5) is 0 Å². The molecule has 0 amide bonds. The minimum absolute atomic E-state index is 0. The maximum Gasteiger partial charge on any atom is 0.148 e. The maximum atomic E-state index is 11.5. The number of rotatable bonds is 8. The van der Waals surface area contributed by atoms with Crippen molar-refractivity contribution in [3.63, 3.8) is 0 Å². The van der Waals surface area contributed by atoms with Crippen molar-refractivity contribution in [3.05, 3.63) is 237 Å². The number of aromatic hydroxyl groups is 1. The summed E-state index contributed by atoms with van der Waals surface area (Å²) >= 11 is 0. The summed E-state index contributed by atoms with van der Waals surface area (Å²) in [5.74, 6) is 0.797. The molecular formula is C60H39N4OPt-. The van der Waals surface area contributed by atoms with Gasteiger partial charge < -0.3 is 9.67 Å². The van der Waals surface area contributed by atoms with Crippen LogP contribution >= 0.6 is 0 Å². The van der Waals surface area contributed by atoms with E-state index in [1.165, 1.54) is 11.1 Å². The van der Waals surface area contributed by atoms with E-state index in [1.807, 2.05) is 36.5 Å². The first kappa shape index (κ1) is 40.6. The molecule has 66 heavy (non-hydrogen) atoms. The van der Waals surface area contributed by atoms with Crippen molar-refractivity contribution < 1.29 is 26.2 Å². The standard InChI is InChI=1S/C60H39N4O.Pt/c65-57-30-15-12-25-50(57)60-62-59-48(26-16-29-55(59)64(60)53-27-13-10-23-47(53)43-19-6-2-7-20-43)51-37-45(39-56-58(51)49-24-11-14-28-54(49)63(56)46-21-8-3-9-22-46)52-38-44(35-36-61-52)42-33-31-41(32-34-42)40-17-4-1-5-18-40;/h1-36,38-39,65H;/q-1;. The fourth-order valence-corrected chi connectivity index (χ4v) is 9.39. The van der Waals surface area contributed by atoms with Crippen LogP contribution in [0.15, 0.2) is 231 Å². The molecule has 0 spiro atoms. The Morgan fingerprint density at radius 3 is 1.79 bits per heavy atom. The Morgan fingerprint density at radius 2 is 1.03 bits per heavy atom. The van der Waals surface area contributed by atoms with Crippen LogP contribution in [-0.2, 0) is 21.1 Å². The molecule has 5 nitrogen and oxygen atoms in total. The summed E-state index contributed by atoms with van der Waals surface area (Å²) in [5, 5.41) is 13.6. The molecule has 1 N–H and O–H groups in total. The quantitative estimate of drug-likeness (QED) is 0.154. The smallest absolute Gasteiger partial charge is 0.148 e. The first-order chi connectivity index (χ1) is 32.2. The summed E-state index contributed by atoms with van der Waals surface area (Å²) in [7, 11) is 0. The van der Waals surface area contributed by atoms with Crippen LogP contribution in [0.5, 0.6) is 5.75 Å². The Kier molecular flexibility index (Phi) is 10.5. The van der Waals surface area contributed by atoms with Gasteiger partial charge in [-0.25, -0.2) is 4.98 Å². The summed E-state index contributed by atoms with van der Waals surface area (Å²) in [4.78, 5) is 10.5. The molecule has 0 fully saturated rings. The number of phenols is 1. The van der Waals surface area contributed by atoms with E-state index in [0.29, 0.717) is 11.4 Å². The predicted octanol–water partition coefficient (Wildman–Crippen LogP) is 15.0.